The molecular weight excluding hydrogens is 454 g/mol. The molecule has 0 aliphatic carbocycles. The maximum atomic E-state index is 14.0. The van der Waals surface area contributed by atoms with Crippen LogP contribution in [0.4, 0.5) is 14.7 Å². The first-order chi connectivity index (χ1) is 16.9. The number of rotatable bonds is 6. The van der Waals surface area contributed by atoms with Gasteiger partial charge in [0.25, 0.3) is 5.91 Å². The molecule has 3 aromatic heterocycles. The number of benzene rings is 1. The molecule has 11 heteroatoms. The molecule has 0 radical (unpaired) electrons. The maximum absolute atomic E-state index is 14.0. The Kier molecular flexibility index (Phi) is 11.3. The largest absolute Gasteiger partial charge is 0.368 e. The summed E-state index contributed by atoms with van der Waals surface area (Å²) in [5.41, 5.74) is 6.57. The van der Waals surface area contributed by atoms with Crippen LogP contribution in [-0.2, 0) is 6.42 Å². The van der Waals surface area contributed by atoms with Gasteiger partial charge in [0.15, 0.2) is 17.3 Å². The third-order valence-electron chi connectivity index (χ3n) is 4.60. The van der Waals surface area contributed by atoms with Crippen molar-refractivity contribution in [2.45, 2.75) is 33.1 Å². The topological polar surface area (TPSA) is 118 Å². The van der Waals surface area contributed by atoms with Gasteiger partial charge in [0.05, 0.1) is 17.1 Å². The van der Waals surface area contributed by atoms with Crippen LogP contribution in [0.1, 0.15) is 42.9 Å². The van der Waals surface area contributed by atoms with Gasteiger partial charge in [-0.2, -0.15) is 9.61 Å². The third kappa shape index (κ3) is 6.74. The van der Waals surface area contributed by atoms with Gasteiger partial charge in [0.1, 0.15) is 11.3 Å². The Hall–Kier alpha value is -4.51. The molecule has 0 saturated carbocycles. The normalized spacial score (nSPS) is 9.74. The molecule has 35 heavy (non-hydrogen) atoms. The number of unbranched alkanes of at least 4 members (excludes halogenated alkanes) is 1. The number of nitrogens with zero attached hydrogens (tertiary/aromatic N) is 6. The number of fused-ring (bicyclic) bond motifs is 3. The number of H-pyrrole nitrogens is 1. The van der Waals surface area contributed by atoms with E-state index in [1.165, 1.54) is 10.7 Å². The monoisotopic (exact) mass is 482 g/mol. The van der Waals surface area contributed by atoms with E-state index in [-0.39, 0.29) is 28.4 Å². The number of halogens is 2. The molecule has 0 aliphatic rings. The lowest BCUT2D eigenvalue weighted by Gasteiger charge is -2.15. The van der Waals surface area contributed by atoms with E-state index in [9.17, 15) is 13.6 Å². The quantitative estimate of drug-likeness (QED) is 0.321. The molecule has 0 spiro atoms. The van der Waals surface area contributed by atoms with E-state index < -0.39 is 11.6 Å². The fourth-order valence-electron chi connectivity index (χ4n) is 3.13. The fraction of sp³-hybridized carbons (Fsp3) is 0.292. The molecule has 9 nitrogen and oxygen atoms in total. The average molecular weight is 483 g/mol. The summed E-state index contributed by atoms with van der Waals surface area (Å²) < 4.78 is 28.9. The van der Waals surface area contributed by atoms with Crippen LogP contribution in [0.5, 0.6) is 0 Å². The summed E-state index contributed by atoms with van der Waals surface area (Å²) in [7, 11) is 1.72. The van der Waals surface area contributed by atoms with E-state index in [1.807, 2.05) is 13.8 Å². The van der Waals surface area contributed by atoms with Gasteiger partial charge in [-0.3, -0.25) is 9.89 Å². The summed E-state index contributed by atoms with van der Waals surface area (Å²) in [6.07, 6.45) is 21.0. The van der Waals surface area contributed by atoms with Crippen LogP contribution in [0.15, 0.2) is 24.5 Å². The van der Waals surface area contributed by atoms with Crippen molar-refractivity contribution in [1.82, 2.24) is 34.7 Å². The lowest BCUT2D eigenvalue weighted by Crippen LogP contribution is -2.27. The number of terminal acetylenes is 2. The Morgan fingerprint density at radius 3 is 2.46 bits per heavy atom. The minimum atomic E-state index is -0.802. The zero-order valence-electron chi connectivity index (χ0n) is 19.9. The van der Waals surface area contributed by atoms with Crippen LogP contribution in [0.3, 0.4) is 0 Å². The maximum Gasteiger partial charge on any atom is 0.256 e. The number of nitrogens with one attached hydrogen (secondary N) is 1. The molecule has 1 amide bonds. The molecule has 1 aromatic carbocycles. The van der Waals surface area contributed by atoms with E-state index in [0.29, 0.717) is 30.8 Å². The smallest absolute Gasteiger partial charge is 0.256 e. The van der Waals surface area contributed by atoms with Crippen molar-refractivity contribution in [2.24, 2.45) is 0 Å². The van der Waals surface area contributed by atoms with Gasteiger partial charge in [0.2, 0.25) is 5.95 Å². The van der Waals surface area contributed by atoms with Gasteiger partial charge in [-0.25, -0.2) is 18.7 Å². The molecule has 0 atom stereocenters. The summed E-state index contributed by atoms with van der Waals surface area (Å²) in [5.74, 6) is -1.18. The van der Waals surface area contributed by atoms with Crippen molar-refractivity contribution in [3.8, 4) is 25.7 Å². The van der Waals surface area contributed by atoms with Crippen LogP contribution in [0, 0.1) is 37.3 Å². The number of aromatic nitrogens is 6. The SMILES string of the molecule is C#C.C#C.CC.CN(CCCCc1nc2c3cc(F)cc(F)c3nc(N)n2n1)C(=O)c1cn[nH]c1. The third-order valence-corrected chi connectivity index (χ3v) is 4.60. The molecule has 3 N–H and O–H groups in total. The zero-order valence-corrected chi connectivity index (χ0v) is 19.9. The minimum Gasteiger partial charge on any atom is -0.368 e. The number of amides is 1. The van der Waals surface area contributed by atoms with Gasteiger partial charge in [-0.1, -0.05) is 13.8 Å². The highest BCUT2D eigenvalue weighted by atomic mass is 19.1. The molecule has 4 aromatic rings. The van der Waals surface area contributed by atoms with E-state index in [4.69, 9.17) is 5.73 Å². The van der Waals surface area contributed by atoms with Crippen molar-refractivity contribution < 1.29 is 13.6 Å². The van der Waals surface area contributed by atoms with Crippen LogP contribution in [0.25, 0.3) is 16.6 Å². The highest BCUT2D eigenvalue weighted by Gasteiger charge is 2.16. The van der Waals surface area contributed by atoms with Crippen molar-refractivity contribution in [3.05, 3.63) is 47.5 Å². The van der Waals surface area contributed by atoms with Gasteiger partial charge in [-0.15, -0.1) is 30.8 Å². The van der Waals surface area contributed by atoms with Crippen molar-refractivity contribution in [1.29, 1.82) is 0 Å². The van der Waals surface area contributed by atoms with Crippen LogP contribution < -0.4 is 5.73 Å². The second-order valence-corrected chi connectivity index (χ2v) is 6.69. The summed E-state index contributed by atoms with van der Waals surface area (Å²) in [6, 6.07) is 1.92. The number of carbonyl (C=O) groups is 1. The molecule has 184 valence electrons. The molecule has 0 bridgehead atoms. The fourth-order valence-corrected chi connectivity index (χ4v) is 3.13. The first-order valence-corrected chi connectivity index (χ1v) is 10.6. The standard InChI is InChI=1S/C18H18F2N8O.C2H6.2C2H2/c1-27(17(29)10-8-22-23-9-10)5-3-2-4-14-24-16-12-6-11(19)7-13(20)15(12)25-18(21)28(16)26-14;3*1-2/h6-9H,2-5H2,1H3,(H2,21,25)(H,22,23);1-2H3;2*1-2H. The van der Waals surface area contributed by atoms with Gasteiger partial charge in [0, 0.05) is 32.3 Å². The average Bonchev–Trinajstić information content (AvgIpc) is 3.57. The highest BCUT2D eigenvalue weighted by Crippen LogP contribution is 2.23. The predicted octanol–water partition coefficient (Wildman–Crippen LogP) is 3.48. The van der Waals surface area contributed by atoms with Gasteiger partial charge < -0.3 is 10.6 Å². The predicted molar refractivity (Wildman–Crippen MR) is 132 cm³/mol. The van der Waals surface area contributed by atoms with Gasteiger partial charge in [-0.05, 0) is 18.9 Å². The highest BCUT2D eigenvalue weighted by molar-refractivity contribution is 5.93. The van der Waals surface area contributed by atoms with E-state index in [2.05, 4.69) is 51.0 Å². The Bertz CT molecular complexity index is 1270. The summed E-state index contributed by atoms with van der Waals surface area (Å²) in [4.78, 5) is 22.1. The molecular formula is C24H28F2N8O. The van der Waals surface area contributed by atoms with Crippen LogP contribution >= 0.6 is 0 Å². The molecule has 0 saturated heterocycles. The molecule has 0 aliphatic heterocycles. The lowest BCUT2D eigenvalue weighted by molar-refractivity contribution is 0.0793. The van der Waals surface area contributed by atoms with Crippen molar-refractivity contribution in [2.75, 3.05) is 19.3 Å². The van der Waals surface area contributed by atoms with E-state index in [0.717, 1.165) is 18.6 Å². The number of anilines is 1. The Morgan fingerprint density at radius 2 is 1.83 bits per heavy atom. The Morgan fingerprint density at radius 1 is 1.14 bits per heavy atom. The summed E-state index contributed by atoms with van der Waals surface area (Å²) in [5, 5.41) is 10.9. The van der Waals surface area contributed by atoms with Crippen molar-refractivity contribution >= 4 is 28.4 Å². The number of hydrogen-bond acceptors (Lipinski definition) is 6. The van der Waals surface area contributed by atoms with Crippen LogP contribution in [-0.4, -0.2) is 54.2 Å². The van der Waals surface area contributed by atoms with Gasteiger partial charge >= 0.3 is 0 Å². The molecule has 4 rings (SSSR count). The second-order valence-electron chi connectivity index (χ2n) is 6.69. The number of carbonyl (C=O) groups excluding carboxylic acids is 1. The molecule has 0 fully saturated rings. The lowest BCUT2D eigenvalue weighted by atomic mass is 10.2. The number of aromatic amines is 1. The number of nitrogen functional groups attached to an aromatic ring is 1. The second kappa shape index (κ2) is 13.9. The Labute approximate surface area is 202 Å². The first kappa shape index (κ1) is 28.5. The number of aryl methyl sites for hydroxylation is 1. The number of hydrogen-bond donors (Lipinski definition) is 2. The molecule has 3 heterocycles. The summed E-state index contributed by atoms with van der Waals surface area (Å²) >= 11 is 0. The minimum absolute atomic E-state index is 0.0257. The number of nitrogens with two attached hydrogens (primary N) is 1. The van der Waals surface area contributed by atoms with Crippen molar-refractivity contribution in [3.63, 3.8) is 0 Å². The zero-order chi connectivity index (χ0) is 26.5. The first-order valence-electron chi connectivity index (χ1n) is 10.6. The van der Waals surface area contributed by atoms with E-state index in [1.54, 1.807) is 18.1 Å². The van der Waals surface area contributed by atoms with Crippen LogP contribution in [0.2, 0.25) is 0 Å². The summed E-state index contributed by atoms with van der Waals surface area (Å²) in [6.45, 7) is 4.56. The molecule has 0 unspecified atom stereocenters. The van der Waals surface area contributed by atoms with E-state index >= 15 is 0 Å². The Balaban J connectivity index is 0.000000949.